The van der Waals surface area contributed by atoms with E-state index in [1.165, 1.54) is 16.9 Å². The van der Waals surface area contributed by atoms with Crippen molar-refractivity contribution in [2.24, 2.45) is 5.41 Å². The van der Waals surface area contributed by atoms with E-state index in [2.05, 4.69) is 24.3 Å². The second-order valence-electron chi connectivity index (χ2n) is 7.37. The summed E-state index contributed by atoms with van der Waals surface area (Å²) in [6.45, 7) is 0.397. The van der Waals surface area contributed by atoms with Gasteiger partial charge in [-0.05, 0) is 29.5 Å². The molecule has 0 bridgehead atoms. The summed E-state index contributed by atoms with van der Waals surface area (Å²) in [5, 5.41) is 0. The molecule has 3 heteroatoms. The fraction of sp³-hybridized carbons (Fsp3) is 0.364. The third kappa shape index (κ3) is 2.99. The molecule has 1 spiro atoms. The second kappa shape index (κ2) is 6.47. The largest absolute Gasteiger partial charge is 0.278 e. The molecule has 1 saturated heterocycles. The smallest absolute Gasteiger partial charge is 0.236 e. The van der Waals surface area contributed by atoms with Crippen LogP contribution in [0.25, 0.3) is 11.1 Å². The lowest BCUT2D eigenvalue weighted by atomic mass is 9.73. The Hall–Kier alpha value is -2.42. The Bertz CT molecular complexity index is 773. The molecule has 25 heavy (non-hydrogen) atoms. The van der Waals surface area contributed by atoms with Gasteiger partial charge in [0.25, 0.3) is 0 Å². The highest BCUT2D eigenvalue weighted by Crippen LogP contribution is 2.45. The third-order valence-corrected chi connectivity index (χ3v) is 5.70. The first kappa shape index (κ1) is 16.1. The van der Waals surface area contributed by atoms with Crippen LogP contribution < -0.4 is 0 Å². The molecule has 1 saturated carbocycles. The van der Waals surface area contributed by atoms with Crippen molar-refractivity contribution in [1.82, 2.24) is 4.90 Å². The normalized spacial score (nSPS) is 19.6. The van der Waals surface area contributed by atoms with Gasteiger partial charge in [0.15, 0.2) is 0 Å². The predicted octanol–water partition coefficient (Wildman–Crippen LogP) is 4.56. The Kier molecular flexibility index (Phi) is 4.16. The number of amides is 2. The van der Waals surface area contributed by atoms with Crippen molar-refractivity contribution in [1.29, 1.82) is 0 Å². The van der Waals surface area contributed by atoms with Gasteiger partial charge in [0, 0.05) is 6.42 Å². The summed E-state index contributed by atoms with van der Waals surface area (Å²) in [6, 6.07) is 18.4. The Morgan fingerprint density at radius 3 is 2.12 bits per heavy atom. The number of carbonyl (C=O) groups is 2. The van der Waals surface area contributed by atoms with Crippen LogP contribution in [0.1, 0.15) is 44.1 Å². The van der Waals surface area contributed by atoms with Crippen LogP contribution in [-0.2, 0) is 16.1 Å². The number of imide groups is 1. The van der Waals surface area contributed by atoms with Gasteiger partial charge in [-0.2, -0.15) is 0 Å². The first-order valence-corrected chi connectivity index (χ1v) is 9.17. The molecule has 4 rings (SSSR count). The Morgan fingerprint density at radius 1 is 0.800 bits per heavy atom. The van der Waals surface area contributed by atoms with Gasteiger partial charge < -0.3 is 0 Å². The lowest BCUT2D eigenvalue weighted by molar-refractivity contribution is -0.142. The van der Waals surface area contributed by atoms with Crippen molar-refractivity contribution in [2.75, 3.05) is 0 Å². The van der Waals surface area contributed by atoms with Gasteiger partial charge in [-0.15, -0.1) is 0 Å². The minimum Gasteiger partial charge on any atom is -0.278 e. The second-order valence-corrected chi connectivity index (χ2v) is 7.37. The van der Waals surface area contributed by atoms with Crippen LogP contribution in [0, 0.1) is 5.41 Å². The minimum absolute atomic E-state index is 0.000893. The van der Waals surface area contributed by atoms with Crippen molar-refractivity contribution in [3.8, 4) is 11.1 Å². The standard InChI is InChI=1S/C22H23NO2/c24-20-15-22(13-5-2-6-14-22)21(25)23(20)16-17-9-11-19(12-10-17)18-7-3-1-4-8-18/h1,3-4,7-12H,2,5-6,13-16H2. The molecule has 2 aromatic carbocycles. The van der Waals surface area contributed by atoms with Crippen LogP contribution in [0.5, 0.6) is 0 Å². The number of hydrogen-bond acceptors (Lipinski definition) is 2. The molecule has 0 radical (unpaired) electrons. The third-order valence-electron chi connectivity index (χ3n) is 5.70. The first-order valence-electron chi connectivity index (χ1n) is 9.17. The van der Waals surface area contributed by atoms with Crippen LogP contribution in [0.3, 0.4) is 0 Å². The number of carbonyl (C=O) groups excluding carboxylic acids is 2. The molecule has 0 unspecified atom stereocenters. The summed E-state index contributed by atoms with van der Waals surface area (Å²) >= 11 is 0. The molecule has 1 aliphatic heterocycles. The lowest BCUT2D eigenvalue weighted by Gasteiger charge is -2.30. The highest BCUT2D eigenvalue weighted by Gasteiger charge is 2.51. The van der Waals surface area contributed by atoms with E-state index in [1.54, 1.807) is 0 Å². The minimum atomic E-state index is -0.390. The summed E-state index contributed by atoms with van der Waals surface area (Å²) < 4.78 is 0. The summed E-state index contributed by atoms with van der Waals surface area (Å²) in [4.78, 5) is 26.8. The molecule has 0 aromatic heterocycles. The zero-order valence-corrected chi connectivity index (χ0v) is 14.4. The van der Waals surface area contributed by atoms with E-state index in [-0.39, 0.29) is 17.2 Å². The number of benzene rings is 2. The highest BCUT2D eigenvalue weighted by molar-refractivity contribution is 6.05. The van der Waals surface area contributed by atoms with E-state index in [9.17, 15) is 9.59 Å². The van der Waals surface area contributed by atoms with Gasteiger partial charge in [-0.3, -0.25) is 14.5 Å². The molecule has 0 atom stereocenters. The van der Waals surface area contributed by atoms with Crippen molar-refractivity contribution >= 4 is 11.8 Å². The van der Waals surface area contributed by atoms with Gasteiger partial charge in [-0.25, -0.2) is 0 Å². The van der Waals surface area contributed by atoms with Crippen LogP contribution in [0.2, 0.25) is 0 Å². The van der Waals surface area contributed by atoms with Gasteiger partial charge in [0.2, 0.25) is 11.8 Å². The molecule has 0 N–H and O–H groups in total. The van der Waals surface area contributed by atoms with Crippen LogP contribution in [0.15, 0.2) is 54.6 Å². The maximum Gasteiger partial charge on any atom is 0.236 e. The molecule has 2 aromatic rings. The van der Waals surface area contributed by atoms with E-state index in [1.807, 2.05) is 30.3 Å². The molecule has 1 heterocycles. The van der Waals surface area contributed by atoms with Crippen molar-refractivity contribution < 1.29 is 9.59 Å². The number of hydrogen-bond donors (Lipinski definition) is 0. The van der Waals surface area contributed by atoms with E-state index in [0.29, 0.717) is 13.0 Å². The Labute approximate surface area is 148 Å². The summed E-state index contributed by atoms with van der Waals surface area (Å²) in [7, 11) is 0. The van der Waals surface area contributed by atoms with Gasteiger partial charge >= 0.3 is 0 Å². The van der Waals surface area contributed by atoms with Gasteiger partial charge in [0.1, 0.15) is 0 Å². The summed E-state index contributed by atoms with van der Waals surface area (Å²) in [5.74, 6) is 0.0587. The fourth-order valence-electron chi connectivity index (χ4n) is 4.26. The van der Waals surface area contributed by atoms with Crippen LogP contribution in [-0.4, -0.2) is 16.7 Å². The molecule has 2 fully saturated rings. The fourth-order valence-corrected chi connectivity index (χ4v) is 4.26. The summed E-state index contributed by atoms with van der Waals surface area (Å²) in [6.07, 6.45) is 5.48. The maximum absolute atomic E-state index is 12.9. The topological polar surface area (TPSA) is 37.4 Å². The van der Waals surface area contributed by atoms with E-state index in [4.69, 9.17) is 0 Å². The van der Waals surface area contributed by atoms with Crippen molar-refractivity contribution in [2.45, 2.75) is 45.1 Å². The van der Waals surface area contributed by atoms with E-state index >= 15 is 0 Å². The molecule has 2 amide bonds. The zero-order valence-electron chi connectivity index (χ0n) is 14.4. The molecular weight excluding hydrogens is 310 g/mol. The average molecular weight is 333 g/mol. The Balaban J connectivity index is 1.50. The van der Waals surface area contributed by atoms with Crippen molar-refractivity contribution in [3.05, 3.63) is 60.2 Å². The monoisotopic (exact) mass is 333 g/mol. The zero-order chi connectivity index (χ0) is 17.3. The summed E-state index contributed by atoms with van der Waals surface area (Å²) in [5.41, 5.74) is 2.93. The molecular formula is C22H23NO2. The number of likely N-dealkylation sites (tertiary alicyclic amines) is 1. The van der Waals surface area contributed by atoms with Crippen LogP contribution >= 0.6 is 0 Å². The molecule has 128 valence electrons. The lowest BCUT2D eigenvalue weighted by Crippen LogP contribution is -2.36. The number of nitrogens with zero attached hydrogens (tertiary/aromatic N) is 1. The SMILES string of the molecule is O=C1CC2(CCCCC2)C(=O)N1Cc1ccc(-c2ccccc2)cc1. The highest BCUT2D eigenvalue weighted by atomic mass is 16.2. The quantitative estimate of drug-likeness (QED) is 0.772. The predicted molar refractivity (Wildman–Crippen MR) is 97.6 cm³/mol. The van der Waals surface area contributed by atoms with E-state index < -0.39 is 0 Å². The molecule has 3 nitrogen and oxygen atoms in total. The molecule has 2 aliphatic rings. The van der Waals surface area contributed by atoms with Gasteiger partial charge in [-0.1, -0.05) is 73.9 Å². The first-order chi connectivity index (χ1) is 12.2. The van der Waals surface area contributed by atoms with E-state index in [0.717, 1.165) is 36.8 Å². The number of rotatable bonds is 3. The van der Waals surface area contributed by atoms with Crippen molar-refractivity contribution in [3.63, 3.8) is 0 Å². The average Bonchev–Trinajstić information content (AvgIpc) is 2.88. The van der Waals surface area contributed by atoms with Gasteiger partial charge in [0.05, 0.1) is 12.0 Å². The molecule has 1 aliphatic carbocycles. The maximum atomic E-state index is 12.9. The van der Waals surface area contributed by atoms with Crippen LogP contribution in [0.4, 0.5) is 0 Å². The Morgan fingerprint density at radius 2 is 1.44 bits per heavy atom.